The zero-order chi connectivity index (χ0) is 19.1. The Morgan fingerprint density at radius 3 is 2.50 bits per heavy atom. The highest BCUT2D eigenvalue weighted by Crippen LogP contribution is 2.27. The summed E-state index contributed by atoms with van der Waals surface area (Å²) in [4.78, 5) is 22.1. The molecule has 0 radical (unpaired) electrons. The molecule has 1 saturated heterocycles. The van der Waals surface area contributed by atoms with Crippen molar-refractivity contribution in [3.05, 3.63) is 47.7 Å². The lowest BCUT2D eigenvalue weighted by Crippen LogP contribution is -2.45. The van der Waals surface area contributed by atoms with Crippen LogP contribution in [0.1, 0.15) is 42.7 Å². The Balaban J connectivity index is 0.00000117. The van der Waals surface area contributed by atoms with Crippen molar-refractivity contribution in [1.29, 1.82) is 0 Å². The molecule has 1 aromatic carbocycles. The number of benzene rings is 1. The molecule has 26 heavy (non-hydrogen) atoms. The average molecular weight is 359 g/mol. The van der Waals surface area contributed by atoms with Crippen LogP contribution in [0.3, 0.4) is 0 Å². The van der Waals surface area contributed by atoms with Gasteiger partial charge in [-0.15, -0.1) is 0 Å². The van der Waals surface area contributed by atoms with E-state index >= 15 is 0 Å². The van der Waals surface area contributed by atoms with Crippen LogP contribution in [-0.2, 0) is 0 Å². The van der Waals surface area contributed by atoms with Gasteiger partial charge >= 0.3 is 0 Å². The van der Waals surface area contributed by atoms with E-state index in [1.807, 2.05) is 31.7 Å². The van der Waals surface area contributed by atoms with Crippen molar-refractivity contribution >= 4 is 17.4 Å². The van der Waals surface area contributed by atoms with Crippen LogP contribution in [0.2, 0.25) is 0 Å². The zero-order valence-electron chi connectivity index (χ0n) is 15.5. The van der Waals surface area contributed by atoms with Gasteiger partial charge in [0.2, 0.25) is 0 Å². The molecule has 7 heteroatoms. The molecule has 1 aliphatic heterocycles. The predicted octanol–water partition coefficient (Wildman–Crippen LogP) is 2.93. The van der Waals surface area contributed by atoms with E-state index in [1.165, 1.54) is 18.5 Å². The maximum absolute atomic E-state index is 14.1. The molecule has 1 aliphatic rings. The molecule has 1 amide bonds. The van der Waals surface area contributed by atoms with Gasteiger partial charge in [0.25, 0.3) is 5.91 Å². The first-order chi connectivity index (χ1) is 12.6. The number of piperidine rings is 1. The van der Waals surface area contributed by atoms with Crippen molar-refractivity contribution in [2.24, 2.45) is 0 Å². The Morgan fingerprint density at radius 1 is 1.23 bits per heavy atom. The van der Waals surface area contributed by atoms with Gasteiger partial charge in [0.1, 0.15) is 5.82 Å². The van der Waals surface area contributed by atoms with Gasteiger partial charge in [0, 0.05) is 31.5 Å². The molecule has 3 rings (SSSR count). The van der Waals surface area contributed by atoms with Crippen molar-refractivity contribution in [2.75, 3.05) is 23.7 Å². The van der Waals surface area contributed by atoms with E-state index in [2.05, 4.69) is 15.3 Å². The van der Waals surface area contributed by atoms with Crippen molar-refractivity contribution in [3.63, 3.8) is 0 Å². The molecular weight excluding hydrogens is 333 g/mol. The Bertz CT molecular complexity index is 724. The van der Waals surface area contributed by atoms with E-state index in [0.29, 0.717) is 18.8 Å². The van der Waals surface area contributed by atoms with Gasteiger partial charge in [-0.05, 0) is 31.4 Å². The van der Waals surface area contributed by atoms with E-state index in [4.69, 9.17) is 5.73 Å². The molecule has 0 unspecified atom stereocenters. The highest BCUT2D eigenvalue weighted by Gasteiger charge is 2.24. The number of aryl methyl sites for hydroxylation is 1. The first-order valence-electron chi connectivity index (χ1n) is 8.93. The van der Waals surface area contributed by atoms with Crippen molar-refractivity contribution in [3.8, 4) is 0 Å². The number of hydrogen-bond donors (Lipinski definition) is 2. The molecule has 0 bridgehead atoms. The Hall–Kier alpha value is -2.70. The third-order valence-electron chi connectivity index (χ3n) is 4.28. The summed E-state index contributed by atoms with van der Waals surface area (Å²) in [7, 11) is 0. The van der Waals surface area contributed by atoms with Crippen LogP contribution >= 0.6 is 0 Å². The summed E-state index contributed by atoms with van der Waals surface area (Å²) in [5.74, 6) is -0.402. The van der Waals surface area contributed by atoms with Crippen molar-refractivity contribution in [1.82, 2.24) is 15.3 Å². The minimum atomic E-state index is -0.318. The fourth-order valence-corrected chi connectivity index (χ4v) is 3.05. The molecule has 6 nitrogen and oxygen atoms in total. The summed E-state index contributed by atoms with van der Waals surface area (Å²) in [6.45, 7) is 7.27. The molecule has 1 aromatic heterocycles. The van der Waals surface area contributed by atoms with Gasteiger partial charge in [-0.3, -0.25) is 4.79 Å². The van der Waals surface area contributed by atoms with Crippen LogP contribution in [0.15, 0.2) is 30.6 Å². The normalized spacial score (nSPS) is 14.4. The second-order valence-corrected chi connectivity index (χ2v) is 5.93. The topological polar surface area (TPSA) is 84.1 Å². The number of nitrogens with zero attached hydrogens (tertiary/aromatic N) is 3. The first-order valence-corrected chi connectivity index (χ1v) is 8.93. The van der Waals surface area contributed by atoms with Gasteiger partial charge < -0.3 is 16.0 Å². The van der Waals surface area contributed by atoms with E-state index in [-0.39, 0.29) is 29.3 Å². The SMILES string of the molecule is CC.Cc1cccc(F)c1N1CCC(NC(=O)c2nccnc2N)CC1. The Labute approximate surface area is 153 Å². The Kier molecular flexibility index (Phi) is 6.89. The number of carbonyl (C=O) groups excluding carboxylic acids is 1. The molecular formula is C19H26FN5O. The van der Waals surface area contributed by atoms with Gasteiger partial charge in [-0.2, -0.15) is 0 Å². The molecule has 140 valence electrons. The van der Waals surface area contributed by atoms with E-state index < -0.39 is 0 Å². The largest absolute Gasteiger partial charge is 0.382 e. The lowest BCUT2D eigenvalue weighted by molar-refractivity contribution is 0.0926. The van der Waals surface area contributed by atoms with Crippen LogP contribution in [0.5, 0.6) is 0 Å². The third kappa shape index (κ3) is 4.47. The summed E-state index contributed by atoms with van der Waals surface area (Å²) in [5, 5.41) is 2.94. The van der Waals surface area contributed by atoms with Crippen LogP contribution in [0, 0.1) is 12.7 Å². The van der Waals surface area contributed by atoms with Crippen molar-refractivity contribution in [2.45, 2.75) is 39.7 Å². The second-order valence-electron chi connectivity index (χ2n) is 5.93. The standard InChI is InChI=1S/C17H20FN5O.C2H6/c1-11-3-2-4-13(18)15(11)23-9-5-12(6-10-23)22-17(24)14-16(19)21-8-7-20-14;1-2/h2-4,7-8,12H,5-6,9-10H2,1H3,(H2,19,21)(H,22,24);1-2H3. The molecule has 0 saturated carbocycles. The van der Waals surface area contributed by atoms with Crippen molar-refractivity contribution < 1.29 is 9.18 Å². The number of rotatable bonds is 3. The fraction of sp³-hybridized carbons (Fsp3) is 0.421. The maximum atomic E-state index is 14.1. The van der Waals surface area contributed by atoms with Crippen LogP contribution in [0.25, 0.3) is 0 Å². The van der Waals surface area contributed by atoms with Gasteiger partial charge in [0.15, 0.2) is 11.5 Å². The number of nitrogen functional groups attached to an aromatic ring is 1. The molecule has 0 atom stereocenters. The average Bonchev–Trinajstić information content (AvgIpc) is 2.65. The first kappa shape index (κ1) is 19.6. The number of anilines is 2. The van der Waals surface area contributed by atoms with E-state index in [9.17, 15) is 9.18 Å². The predicted molar refractivity (Wildman–Crippen MR) is 102 cm³/mol. The van der Waals surface area contributed by atoms with Crippen LogP contribution in [0.4, 0.5) is 15.9 Å². The number of carbonyl (C=O) groups is 1. The Morgan fingerprint density at radius 2 is 1.88 bits per heavy atom. The number of para-hydroxylation sites is 1. The molecule has 0 aliphatic carbocycles. The molecule has 3 N–H and O–H groups in total. The number of halogens is 1. The number of aromatic nitrogens is 2. The second kappa shape index (κ2) is 9.12. The summed E-state index contributed by atoms with van der Waals surface area (Å²) in [6, 6.07) is 5.12. The molecule has 1 fully saturated rings. The minimum Gasteiger partial charge on any atom is -0.382 e. The summed E-state index contributed by atoms with van der Waals surface area (Å²) in [6.07, 6.45) is 4.36. The lowest BCUT2D eigenvalue weighted by Gasteiger charge is -2.34. The molecule has 2 aromatic rings. The molecule has 2 heterocycles. The van der Waals surface area contributed by atoms with Gasteiger partial charge in [-0.25, -0.2) is 14.4 Å². The van der Waals surface area contributed by atoms with Gasteiger partial charge in [-0.1, -0.05) is 26.0 Å². The number of nitrogens with one attached hydrogen (secondary N) is 1. The molecule has 0 spiro atoms. The maximum Gasteiger partial charge on any atom is 0.273 e. The fourth-order valence-electron chi connectivity index (χ4n) is 3.05. The van der Waals surface area contributed by atoms with Gasteiger partial charge in [0.05, 0.1) is 5.69 Å². The highest BCUT2D eigenvalue weighted by molar-refractivity contribution is 5.96. The zero-order valence-corrected chi connectivity index (χ0v) is 15.5. The lowest BCUT2D eigenvalue weighted by atomic mass is 10.0. The van der Waals surface area contributed by atoms with E-state index in [1.54, 1.807) is 6.07 Å². The number of amides is 1. The minimum absolute atomic E-state index is 0.0160. The smallest absolute Gasteiger partial charge is 0.273 e. The monoisotopic (exact) mass is 359 g/mol. The van der Waals surface area contributed by atoms with Crippen LogP contribution in [-0.4, -0.2) is 35.0 Å². The quantitative estimate of drug-likeness (QED) is 0.880. The highest BCUT2D eigenvalue weighted by atomic mass is 19.1. The van der Waals surface area contributed by atoms with E-state index in [0.717, 1.165) is 18.4 Å². The summed E-state index contributed by atoms with van der Waals surface area (Å²) >= 11 is 0. The third-order valence-corrected chi connectivity index (χ3v) is 4.28. The summed E-state index contributed by atoms with van der Waals surface area (Å²) < 4.78 is 14.1. The number of hydrogen-bond acceptors (Lipinski definition) is 5. The van der Waals surface area contributed by atoms with Crippen LogP contribution < -0.4 is 16.0 Å². The number of nitrogens with two attached hydrogens (primary N) is 1. The summed E-state index contributed by atoms with van der Waals surface area (Å²) in [5.41, 5.74) is 7.39.